The fourth-order valence-corrected chi connectivity index (χ4v) is 3.65. The molecule has 30 heavy (non-hydrogen) atoms. The maximum absolute atomic E-state index is 12.2. The second-order valence-corrected chi connectivity index (χ2v) is 7.61. The highest BCUT2D eigenvalue weighted by molar-refractivity contribution is 7.99. The van der Waals surface area contributed by atoms with E-state index in [1.54, 1.807) is 6.33 Å². The quantitative estimate of drug-likeness (QED) is 0.394. The van der Waals surface area contributed by atoms with E-state index in [4.69, 9.17) is 9.47 Å². The summed E-state index contributed by atoms with van der Waals surface area (Å²) < 4.78 is 12.9. The van der Waals surface area contributed by atoms with Gasteiger partial charge in [0.05, 0.1) is 24.6 Å². The number of benzene rings is 2. The third-order valence-electron chi connectivity index (χ3n) is 4.29. The molecule has 1 N–H and O–H groups in total. The standard InChI is InChI=1S/C22H26N4O3S/c1-4-28-18-6-8-19(9-7-18)29-12-11-23-21(27)14-30-22-25-24-15-26(22)20-10-5-16(2)13-17(20)3/h5-10,13,15H,4,11-12,14H2,1-3H3,(H,23,27). The van der Waals surface area contributed by atoms with E-state index < -0.39 is 0 Å². The molecule has 0 bridgehead atoms. The number of carbonyl (C=O) groups excluding carboxylic acids is 1. The molecule has 2 aromatic carbocycles. The van der Waals surface area contributed by atoms with Crippen molar-refractivity contribution in [2.24, 2.45) is 0 Å². The highest BCUT2D eigenvalue weighted by Gasteiger charge is 2.11. The molecule has 1 aromatic heterocycles. The van der Waals surface area contributed by atoms with Crippen LogP contribution in [0.4, 0.5) is 0 Å². The first-order chi connectivity index (χ1) is 14.6. The zero-order chi connectivity index (χ0) is 21.3. The lowest BCUT2D eigenvalue weighted by Gasteiger charge is -2.10. The van der Waals surface area contributed by atoms with Gasteiger partial charge in [-0.2, -0.15) is 0 Å². The Morgan fingerprint density at radius 1 is 1.10 bits per heavy atom. The van der Waals surface area contributed by atoms with Crippen molar-refractivity contribution in [3.63, 3.8) is 0 Å². The highest BCUT2D eigenvalue weighted by Crippen LogP contribution is 2.22. The normalized spacial score (nSPS) is 10.6. The summed E-state index contributed by atoms with van der Waals surface area (Å²) in [5.41, 5.74) is 3.34. The molecule has 0 fully saturated rings. The Balaban J connectivity index is 1.43. The first-order valence-corrected chi connectivity index (χ1v) is 10.8. The molecule has 8 heteroatoms. The molecule has 0 aliphatic heterocycles. The molecular formula is C22H26N4O3S. The molecule has 3 aromatic rings. The Kier molecular flexibility index (Phi) is 7.73. The van der Waals surface area contributed by atoms with Gasteiger partial charge in [0, 0.05) is 0 Å². The first kappa shape index (κ1) is 21.7. The number of thioether (sulfide) groups is 1. The number of rotatable bonds is 10. The largest absolute Gasteiger partial charge is 0.494 e. The zero-order valence-electron chi connectivity index (χ0n) is 17.4. The molecule has 3 rings (SSSR count). The van der Waals surface area contributed by atoms with Crippen molar-refractivity contribution >= 4 is 17.7 Å². The molecule has 0 aliphatic carbocycles. The minimum absolute atomic E-state index is 0.0783. The average Bonchev–Trinajstić information content (AvgIpc) is 3.19. The Morgan fingerprint density at radius 3 is 2.53 bits per heavy atom. The number of aromatic nitrogens is 3. The molecule has 0 saturated carbocycles. The van der Waals surface area contributed by atoms with Crippen LogP contribution < -0.4 is 14.8 Å². The number of carbonyl (C=O) groups is 1. The smallest absolute Gasteiger partial charge is 0.230 e. The summed E-state index contributed by atoms with van der Waals surface area (Å²) in [7, 11) is 0. The lowest BCUT2D eigenvalue weighted by atomic mass is 10.1. The third-order valence-corrected chi connectivity index (χ3v) is 5.23. The third kappa shape index (κ3) is 6.00. The van der Waals surface area contributed by atoms with Crippen LogP contribution in [0.1, 0.15) is 18.1 Å². The van der Waals surface area contributed by atoms with Gasteiger partial charge in [-0.1, -0.05) is 29.5 Å². The number of ether oxygens (including phenoxy) is 2. The van der Waals surface area contributed by atoms with E-state index in [2.05, 4.69) is 28.5 Å². The number of hydrogen-bond acceptors (Lipinski definition) is 6. The van der Waals surface area contributed by atoms with Crippen molar-refractivity contribution in [3.05, 3.63) is 59.9 Å². The van der Waals surface area contributed by atoms with Gasteiger partial charge in [0.15, 0.2) is 5.16 Å². The van der Waals surface area contributed by atoms with Crippen molar-refractivity contribution in [1.29, 1.82) is 0 Å². The molecule has 158 valence electrons. The van der Waals surface area contributed by atoms with Crippen molar-refractivity contribution < 1.29 is 14.3 Å². The Bertz CT molecular complexity index is 973. The summed E-state index contributed by atoms with van der Waals surface area (Å²) in [4.78, 5) is 12.2. The fourth-order valence-electron chi connectivity index (χ4n) is 2.90. The van der Waals surface area contributed by atoms with E-state index in [9.17, 15) is 4.79 Å². The van der Waals surface area contributed by atoms with Crippen LogP contribution in [0.2, 0.25) is 0 Å². The Hall–Kier alpha value is -3.00. The summed E-state index contributed by atoms with van der Waals surface area (Å²) in [6.07, 6.45) is 1.67. The Labute approximate surface area is 180 Å². The van der Waals surface area contributed by atoms with Crippen molar-refractivity contribution in [3.8, 4) is 17.2 Å². The van der Waals surface area contributed by atoms with Crippen molar-refractivity contribution in [1.82, 2.24) is 20.1 Å². The minimum atomic E-state index is -0.0783. The van der Waals surface area contributed by atoms with E-state index >= 15 is 0 Å². The first-order valence-electron chi connectivity index (χ1n) is 9.79. The van der Waals surface area contributed by atoms with Crippen LogP contribution in [-0.4, -0.2) is 46.2 Å². The lowest BCUT2D eigenvalue weighted by molar-refractivity contribution is -0.118. The molecule has 7 nitrogen and oxygen atoms in total. The molecule has 0 atom stereocenters. The van der Waals surface area contributed by atoms with Gasteiger partial charge in [-0.15, -0.1) is 10.2 Å². The van der Waals surface area contributed by atoms with Crippen molar-refractivity contribution in [2.45, 2.75) is 25.9 Å². The SMILES string of the molecule is CCOc1ccc(OCCNC(=O)CSc2nncn2-c2ccc(C)cc2C)cc1. The molecule has 0 spiro atoms. The van der Waals surface area contributed by atoms with Crippen LogP contribution >= 0.6 is 11.8 Å². The zero-order valence-corrected chi connectivity index (χ0v) is 18.2. The lowest BCUT2D eigenvalue weighted by Crippen LogP contribution is -2.29. The van der Waals surface area contributed by atoms with Gasteiger partial charge in [-0.3, -0.25) is 9.36 Å². The van der Waals surface area contributed by atoms with E-state index in [1.807, 2.05) is 54.8 Å². The maximum atomic E-state index is 12.2. The van der Waals surface area contributed by atoms with Gasteiger partial charge >= 0.3 is 0 Å². The minimum Gasteiger partial charge on any atom is -0.494 e. The van der Waals surface area contributed by atoms with Gasteiger partial charge in [-0.05, 0) is 56.7 Å². The summed E-state index contributed by atoms with van der Waals surface area (Å²) in [6, 6.07) is 13.6. The summed E-state index contributed by atoms with van der Waals surface area (Å²) in [6.45, 7) is 7.50. The molecule has 1 amide bonds. The van der Waals surface area contributed by atoms with Crippen LogP contribution in [0.5, 0.6) is 11.5 Å². The van der Waals surface area contributed by atoms with Crippen LogP contribution in [0.15, 0.2) is 53.9 Å². The average molecular weight is 427 g/mol. The fraction of sp³-hybridized carbons (Fsp3) is 0.318. The number of nitrogens with one attached hydrogen (secondary N) is 1. The molecular weight excluding hydrogens is 400 g/mol. The van der Waals surface area contributed by atoms with E-state index in [1.165, 1.54) is 17.3 Å². The van der Waals surface area contributed by atoms with Crippen LogP contribution in [-0.2, 0) is 4.79 Å². The number of hydrogen-bond donors (Lipinski definition) is 1. The van der Waals surface area contributed by atoms with Crippen LogP contribution in [0, 0.1) is 13.8 Å². The maximum Gasteiger partial charge on any atom is 0.230 e. The number of aryl methyl sites for hydroxylation is 2. The summed E-state index contributed by atoms with van der Waals surface area (Å²) in [5.74, 6) is 1.73. The highest BCUT2D eigenvalue weighted by atomic mass is 32.2. The van der Waals surface area contributed by atoms with Crippen LogP contribution in [0.25, 0.3) is 5.69 Å². The molecule has 0 saturated heterocycles. The second-order valence-electron chi connectivity index (χ2n) is 6.66. The molecule has 0 unspecified atom stereocenters. The van der Waals surface area contributed by atoms with Gasteiger partial charge in [0.25, 0.3) is 0 Å². The van der Waals surface area contributed by atoms with E-state index in [-0.39, 0.29) is 11.7 Å². The number of amides is 1. The second kappa shape index (κ2) is 10.7. The Morgan fingerprint density at radius 2 is 1.83 bits per heavy atom. The molecule has 0 aliphatic rings. The summed E-state index contributed by atoms with van der Waals surface area (Å²) in [5, 5.41) is 11.7. The van der Waals surface area contributed by atoms with Crippen molar-refractivity contribution in [2.75, 3.05) is 25.5 Å². The van der Waals surface area contributed by atoms with E-state index in [0.717, 1.165) is 22.7 Å². The molecule has 1 heterocycles. The van der Waals surface area contributed by atoms with Gasteiger partial charge < -0.3 is 14.8 Å². The summed E-state index contributed by atoms with van der Waals surface area (Å²) >= 11 is 1.35. The topological polar surface area (TPSA) is 78.3 Å². The van der Waals surface area contributed by atoms with Crippen LogP contribution in [0.3, 0.4) is 0 Å². The van der Waals surface area contributed by atoms with Gasteiger partial charge in [0.1, 0.15) is 24.4 Å². The number of nitrogens with zero attached hydrogens (tertiary/aromatic N) is 3. The monoisotopic (exact) mass is 426 g/mol. The van der Waals surface area contributed by atoms with E-state index in [0.29, 0.717) is 24.9 Å². The van der Waals surface area contributed by atoms with Gasteiger partial charge in [-0.25, -0.2) is 0 Å². The molecule has 0 radical (unpaired) electrons. The predicted octanol–water partition coefficient (Wildman–Crippen LogP) is 3.57. The van der Waals surface area contributed by atoms with Gasteiger partial charge in [0.2, 0.25) is 5.91 Å². The predicted molar refractivity (Wildman–Crippen MR) is 118 cm³/mol.